The number of para-hydroxylation sites is 1. The minimum Gasteiger partial charge on any atom is -0.332 e. The van der Waals surface area contributed by atoms with Crippen LogP contribution >= 0.6 is 0 Å². The van der Waals surface area contributed by atoms with Gasteiger partial charge >= 0.3 is 0 Å². The third-order valence-electron chi connectivity index (χ3n) is 6.73. The molecule has 0 radical (unpaired) electrons. The van der Waals surface area contributed by atoms with Gasteiger partial charge in [0.25, 0.3) is 5.91 Å². The van der Waals surface area contributed by atoms with Crippen molar-refractivity contribution in [2.24, 2.45) is 13.0 Å². The first-order valence-electron chi connectivity index (χ1n) is 12.9. The normalized spacial score (nSPS) is 15.4. The number of rotatable bonds is 4. The molecule has 7 nitrogen and oxygen atoms in total. The van der Waals surface area contributed by atoms with Crippen LogP contribution in [0.5, 0.6) is 0 Å². The molecule has 0 aliphatic carbocycles. The summed E-state index contributed by atoms with van der Waals surface area (Å²) in [4.78, 5) is 33.0. The molecule has 3 aromatic rings. The molecule has 196 valence electrons. The summed E-state index contributed by atoms with van der Waals surface area (Å²) in [5.74, 6) is -0.0781. The highest BCUT2D eigenvalue weighted by Crippen LogP contribution is 2.26. The van der Waals surface area contributed by atoms with E-state index in [2.05, 4.69) is 23.8 Å². The van der Waals surface area contributed by atoms with E-state index >= 15 is 0 Å². The van der Waals surface area contributed by atoms with Crippen LogP contribution in [0.15, 0.2) is 54.6 Å². The monoisotopic (exact) mass is 505 g/mol. The summed E-state index contributed by atoms with van der Waals surface area (Å²) in [5, 5.41) is 4.52. The number of carbonyl (C=O) groups is 2. The fourth-order valence-corrected chi connectivity index (χ4v) is 4.70. The fourth-order valence-electron chi connectivity index (χ4n) is 4.70. The Balaban J connectivity index is 1.67. The molecule has 0 spiro atoms. The van der Waals surface area contributed by atoms with E-state index in [1.165, 1.54) is 12.1 Å². The predicted molar refractivity (Wildman–Crippen MR) is 144 cm³/mol. The van der Waals surface area contributed by atoms with Crippen LogP contribution in [0.1, 0.15) is 42.7 Å². The number of likely N-dealkylation sites (N-methyl/N-ethyl adjacent to an activating group) is 1. The number of fused-ring (bicyclic) bond motifs is 1. The van der Waals surface area contributed by atoms with Crippen molar-refractivity contribution in [3.05, 3.63) is 71.7 Å². The van der Waals surface area contributed by atoms with Crippen molar-refractivity contribution in [3.8, 4) is 11.3 Å². The molecule has 1 aromatic heterocycles. The summed E-state index contributed by atoms with van der Waals surface area (Å²) in [6.45, 7) is 7.22. The topological polar surface area (TPSA) is 61.7 Å². The molecule has 0 unspecified atom stereocenters. The van der Waals surface area contributed by atoms with Gasteiger partial charge in [-0.05, 0) is 67.9 Å². The maximum atomic E-state index is 13.9. The zero-order chi connectivity index (χ0) is 26.5. The summed E-state index contributed by atoms with van der Waals surface area (Å²) in [6, 6.07) is 15.7. The molecule has 0 saturated heterocycles. The number of hydrogen-bond acceptors (Lipinski definition) is 4. The Morgan fingerprint density at radius 2 is 1.70 bits per heavy atom. The van der Waals surface area contributed by atoms with Crippen LogP contribution in [-0.4, -0.2) is 64.6 Å². The lowest BCUT2D eigenvalue weighted by molar-refractivity contribution is -0.119. The summed E-state index contributed by atoms with van der Waals surface area (Å²) in [5.41, 5.74) is 3.64. The van der Waals surface area contributed by atoms with Crippen LogP contribution in [-0.2, 0) is 18.4 Å². The fraction of sp³-hybridized carbons (Fsp3) is 0.414. The second-order valence-corrected chi connectivity index (χ2v) is 10.2. The van der Waals surface area contributed by atoms with E-state index in [0.29, 0.717) is 37.4 Å². The van der Waals surface area contributed by atoms with Gasteiger partial charge in [0.2, 0.25) is 5.91 Å². The quantitative estimate of drug-likeness (QED) is 0.521. The number of aryl methyl sites for hydroxylation is 1. The van der Waals surface area contributed by atoms with Crippen LogP contribution in [0.4, 0.5) is 10.1 Å². The van der Waals surface area contributed by atoms with Crippen LogP contribution in [0.3, 0.4) is 0 Å². The number of carbonyl (C=O) groups excluding carboxylic acids is 2. The van der Waals surface area contributed by atoms with Crippen molar-refractivity contribution in [1.29, 1.82) is 0 Å². The second-order valence-electron chi connectivity index (χ2n) is 10.2. The molecule has 0 fully saturated rings. The highest BCUT2D eigenvalue weighted by Gasteiger charge is 2.25. The van der Waals surface area contributed by atoms with E-state index in [9.17, 15) is 14.0 Å². The van der Waals surface area contributed by atoms with E-state index in [4.69, 9.17) is 0 Å². The van der Waals surface area contributed by atoms with E-state index < -0.39 is 0 Å². The maximum absolute atomic E-state index is 13.9. The largest absolute Gasteiger partial charge is 0.332 e. The molecule has 2 amide bonds. The lowest BCUT2D eigenvalue weighted by Crippen LogP contribution is -2.38. The van der Waals surface area contributed by atoms with Gasteiger partial charge < -0.3 is 14.7 Å². The first-order chi connectivity index (χ1) is 17.7. The number of halogens is 1. The Hall–Kier alpha value is -3.52. The highest BCUT2D eigenvalue weighted by atomic mass is 19.1. The predicted octanol–water partition coefficient (Wildman–Crippen LogP) is 4.58. The van der Waals surface area contributed by atoms with Crippen molar-refractivity contribution in [2.45, 2.75) is 33.2 Å². The van der Waals surface area contributed by atoms with Crippen molar-refractivity contribution in [1.82, 2.24) is 19.6 Å². The van der Waals surface area contributed by atoms with E-state index in [0.717, 1.165) is 36.3 Å². The molecule has 1 aliphatic rings. The summed E-state index contributed by atoms with van der Waals surface area (Å²) >= 11 is 0. The molecule has 0 bridgehead atoms. The first-order valence-corrected chi connectivity index (χ1v) is 12.9. The number of amides is 2. The van der Waals surface area contributed by atoms with Crippen LogP contribution in [0.2, 0.25) is 0 Å². The molecule has 2 heterocycles. The minimum absolute atomic E-state index is 0.109. The molecule has 1 aliphatic heterocycles. The van der Waals surface area contributed by atoms with E-state index in [-0.39, 0.29) is 23.5 Å². The Morgan fingerprint density at radius 1 is 0.973 bits per heavy atom. The molecular weight excluding hydrogens is 469 g/mol. The molecule has 2 aromatic carbocycles. The van der Waals surface area contributed by atoms with Gasteiger partial charge in [-0.2, -0.15) is 5.10 Å². The molecular formula is C29H36FN5O2. The number of nitrogens with zero attached hydrogens (tertiary/aromatic N) is 5. The number of hydrogen-bond donors (Lipinski definition) is 0. The summed E-state index contributed by atoms with van der Waals surface area (Å²) < 4.78 is 15.0. The zero-order valence-corrected chi connectivity index (χ0v) is 22.2. The van der Waals surface area contributed by atoms with Crippen molar-refractivity contribution in [2.75, 3.05) is 38.1 Å². The van der Waals surface area contributed by atoms with Gasteiger partial charge in [0.1, 0.15) is 11.5 Å². The summed E-state index contributed by atoms with van der Waals surface area (Å²) in [6.07, 6.45) is 1.33. The van der Waals surface area contributed by atoms with Crippen molar-refractivity contribution < 1.29 is 14.0 Å². The van der Waals surface area contributed by atoms with Crippen LogP contribution < -0.4 is 4.90 Å². The third kappa shape index (κ3) is 6.43. The zero-order valence-electron chi connectivity index (χ0n) is 22.2. The number of benzene rings is 2. The first kappa shape index (κ1) is 26.5. The van der Waals surface area contributed by atoms with Crippen LogP contribution in [0.25, 0.3) is 11.3 Å². The van der Waals surface area contributed by atoms with Gasteiger partial charge in [-0.3, -0.25) is 14.3 Å². The lowest BCUT2D eigenvalue weighted by atomic mass is 10.1. The van der Waals surface area contributed by atoms with Gasteiger partial charge in [-0.15, -0.1) is 0 Å². The smallest absolute Gasteiger partial charge is 0.272 e. The van der Waals surface area contributed by atoms with E-state index in [1.807, 2.05) is 41.1 Å². The molecule has 4 rings (SSSR count). The van der Waals surface area contributed by atoms with Gasteiger partial charge in [-0.25, -0.2) is 4.39 Å². The highest BCUT2D eigenvalue weighted by molar-refractivity contribution is 5.95. The Bertz CT molecular complexity index is 1240. The van der Waals surface area contributed by atoms with Gasteiger partial charge in [0, 0.05) is 50.9 Å². The third-order valence-corrected chi connectivity index (χ3v) is 6.73. The molecule has 0 atom stereocenters. The van der Waals surface area contributed by atoms with Gasteiger partial charge in [0.05, 0.1) is 5.69 Å². The SMILES string of the molecule is CC(C)CC(=O)N1CCCN(C)CCN(C(=O)c2cc(-c3ccc(F)cc3)nn2C)Cc2ccccc21. The number of aromatic nitrogens is 2. The molecule has 0 saturated carbocycles. The Kier molecular flexibility index (Phi) is 8.38. The lowest BCUT2D eigenvalue weighted by Gasteiger charge is -2.28. The summed E-state index contributed by atoms with van der Waals surface area (Å²) in [7, 11) is 3.80. The van der Waals surface area contributed by atoms with Gasteiger partial charge in [-0.1, -0.05) is 32.0 Å². The van der Waals surface area contributed by atoms with Gasteiger partial charge in [0.15, 0.2) is 0 Å². The number of anilines is 1. The molecule has 8 heteroatoms. The van der Waals surface area contributed by atoms with E-state index in [1.54, 1.807) is 29.9 Å². The Labute approximate surface area is 218 Å². The molecule has 0 N–H and O–H groups in total. The standard InChI is InChI=1S/C29H36FN5O2/c1-21(2)18-28(36)35-15-7-14-32(3)16-17-34(20-23-8-5-6-9-26(23)35)29(37)27-19-25(31-33(27)4)22-10-12-24(30)13-11-22/h5-6,8-13,19,21H,7,14-18,20H2,1-4H3. The minimum atomic E-state index is -0.316. The average Bonchev–Trinajstić information content (AvgIpc) is 3.24. The molecule has 37 heavy (non-hydrogen) atoms. The Morgan fingerprint density at radius 3 is 2.43 bits per heavy atom. The van der Waals surface area contributed by atoms with Crippen molar-refractivity contribution in [3.63, 3.8) is 0 Å². The maximum Gasteiger partial charge on any atom is 0.272 e. The van der Waals surface area contributed by atoms with Crippen molar-refractivity contribution >= 4 is 17.5 Å². The average molecular weight is 506 g/mol. The second kappa shape index (κ2) is 11.7. The van der Waals surface area contributed by atoms with Crippen LogP contribution in [0, 0.1) is 11.7 Å².